The van der Waals surface area contributed by atoms with Gasteiger partial charge in [-0.2, -0.15) is 0 Å². The van der Waals surface area contributed by atoms with E-state index < -0.39 is 5.54 Å². The Morgan fingerprint density at radius 1 is 1.62 bits per heavy atom. The molecule has 1 amide bonds. The van der Waals surface area contributed by atoms with Crippen molar-refractivity contribution in [2.75, 3.05) is 7.05 Å². The standard InChI is InChI=1S/C12H20N2OS/c1-5-12(3,13)11(15)14(4)8-10-9(2)6-7-16-10/h6-7H,5,8,13H2,1-4H3. The minimum absolute atomic E-state index is 0.00259. The highest BCUT2D eigenvalue weighted by atomic mass is 32.1. The van der Waals surface area contributed by atoms with Gasteiger partial charge in [0.15, 0.2) is 0 Å². The van der Waals surface area contributed by atoms with Crippen LogP contribution in [-0.2, 0) is 11.3 Å². The third-order valence-electron chi connectivity index (χ3n) is 2.92. The summed E-state index contributed by atoms with van der Waals surface area (Å²) in [5, 5.41) is 2.05. The zero-order valence-electron chi connectivity index (χ0n) is 10.4. The van der Waals surface area contributed by atoms with Crippen LogP contribution in [0.15, 0.2) is 11.4 Å². The van der Waals surface area contributed by atoms with E-state index in [2.05, 4.69) is 13.0 Å². The molecule has 1 rings (SSSR count). The summed E-state index contributed by atoms with van der Waals surface area (Å²) < 4.78 is 0. The zero-order chi connectivity index (χ0) is 12.3. The number of aryl methyl sites for hydroxylation is 1. The van der Waals surface area contributed by atoms with Gasteiger partial charge in [0.2, 0.25) is 5.91 Å². The van der Waals surface area contributed by atoms with E-state index in [1.54, 1.807) is 23.2 Å². The van der Waals surface area contributed by atoms with E-state index in [4.69, 9.17) is 5.73 Å². The molecule has 1 heterocycles. The number of nitrogens with two attached hydrogens (primary N) is 1. The van der Waals surface area contributed by atoms with Crippen LogP contribution in [0.4, 0.5) is 0 Å². The molecule has 0 aliphatic heterocycles. The van der Waals surface area contributed by atoms with E-state index in [9.17, 15) is 4.79 Å². The highest BCUT2D eigenvalue weighted by Gasteiger charge is 2.29. The van der Waals surface area contributed by atoms with Crippen LogP contribution in [0.3, 0.4) is 0 Å². The highest BCUT2D eigenvalue weighted by Crippen LogP contribution is 2.19. The molecular formula is C12H20N2OS. The van der Waals surface area contributed by atoms with Crippen LogP contribution in [0, 0.1) is 6.92 Å². The van der Waals surface area contributed by atoms with Crippen LogP contribution in [-0.4, -0.2) is 23.4 Å². The number of thiophene rings is 1. The van der Waals surface area contributed by atoms with Crippen molar-refractivity contribution < 1.29 is 4.79 Å². The molecule has 1 atom stereocenters. The van der Waals surface area contributed by atoms with Gasteiger partial charge in [-0.3, -0.25) is 4.79 Å². The Hall–Kier alpha value is -0.870. The lowest BCUT2D eigenvalue weighted by atomic mass is 9.99. The minimum Gasteiger partial charge on any atom is -0.339 e. The second-order valence-corrected chi connectivity index (χ2v) is 5.46. The monoisotopic (exact) mass is 240 g/mol. The molecule has 0 fully saturated rings. The van der Waals surface area contributed by atoms with E-state index in [1.807, 2.05) is 19.4 Å². The second kappa shape index (κ2) is 4.97. The van der Waals surface area contributed by atoms with Crippen molar-refractivity contribution in [3.8, 4) is 0 Å². The predicted octanol–water partition coefficient (Wildman–Crippen LogP) is 2.14. The Morgan fingerprint density at radius 3 is 2.69 bits per heavy atom. The van der Waals surface area contributed by atoms with Crippen LogP contribution in [0.25, 0.3) is 0 Å². The molecule has 0 bridgehead atoms. The van der Waals surface area contributed by atoms with Crippen molar-refractivity contribution in [1.29, 1.82) is 0 Å². The number of carbonyl (C=O) groups excluding carboxylic acids is 1. The van der Waals surface area contributed by atoms with Crippen molar-refractivity contribution in [2.45, 2.75) is 39.3 Å². The van der Waals surface area contributed by atoms with Crippen molar-refractivity contribution in [3.05, 3.63) is 21.9 Å². The third kappa shape index (κ3) is 2.83. The van der Waals surface area contributed by atoms with Gasteiger partial charge in [0.1, 0.15) is 0 Å². The molecular weight excluding hydrogens is 220 g/mol. The second-order valence-electron chi connectivity index (χ2n) is 4.46. The normalized spacial score (nSPS) is 14.6. The van der Waals surface area contributed by atoms with Crippen LogP contribution in [0.5, 0.6) is 0 Å². The van der Waals surface area contributed by atoms with Crippen LogP contribution >= 0.6 is 11.3 Å². The molecule has 3 nitrogen and oxygen atoms in total. The molecule has 0 radical (unpaired) electrons. The van der Waals surface area contributed by atoms with Gasteiger partial charge in [-0.1, -0.05) is 6.92 Å². The molecule has 1 aromatic heterocycles. The Balaban J connectivity index is 2.70. The minimum atomic E-state index is -0.750. The number of amides is 1. The number of rotatable bonds is 4. The van der Waals surface area contributed by atoms with E-state index in [0.717, 1.165) is 0 Å². The van der Waals surface area contributed by atoms with Crippen LogP contribution in [0.1, 0.15) is 30.7 Å². The molecule has 90 valence electrons. The number of carbonyl (C=O) groups is 1. The van der Waals surface area contributed by atoms with E-state index in [-0.39, 0.29) is 5.91 Å². The molecule has 0 aromatic carbocycles. The topological polar surface area (TPSA) is 46.3 Å². The van der Waals surface area contributed by atoms with Crippen molar-refractivity contribution in [2.24, 2.45) is 5.73 Å². The first-order valence-electron chi connectivity index (χ1n) is 5.46. The highest BCUT2D eigenvalue weighted by molar-refractivity contribution is 7.10. The lowest BCUT2D eigenvalue weighted by molar-refractivity contribution is -0.135. The first-order chi connectivity index (χ1) is 7.38. The fraction of sp³-hybridized carbons (Fsp3) is 0.583. The van der Waals surface area contributed by atoms with Gasteiger partial charge < -0.3 is 10.6 Å². The van der Waals surface area contributed by atoms with Crippen molar-refractivity contribution in [3.63, 3.8) is 0 Å². The maximum Gasteiger partial charge on any atom is 0.242 e. The molecule has 0 spiro atoms. The summed E-state index contributed by atoms with van der Waals surface area (Å²) in [6, 6.07) is 2.07. The Labute approximate surface area is 101 Å². The summed E-state index contributed by atoms with van der Waals surface area (Å²) in [5.41, 5.74) is 6.43. The molecule has 0 aliphatic carbocycles. The van der Waals surface area contributed by atoms with E-state index >= 15 is 0 Å². The number of hydrogen-bond acceptors (Lipinski definition) is 3. The van der Waals surface area contributed by atoms with Crippen LogP contribution in [0.2, 0.25) is 0 Å². The summed E-state index contributed by atoms with van der Waals surface area (Å²) in [5.74, 6) is 0.00259. The van der Waals surface area contributed by atoms with Gasteiger partial charge in [-0.05, 0) is 37.3 Å². The van der Waals surface area contributed by atoms with Crippen molar-refractivity contribution in [1.82, 2.24) is 4.90 Å². The molecule has 2 N–H and O–H groups in total. The maximum absolute atomic E-state index is 12.0. The molecule has 16 heavy (non-hydrogen) atoms. The van der Waals surface area contributed by atoms with Gasteiger partial charge in [-0.15, -0.1) is 11.3 Å². The zero-order valence-corrected chi connectivity index (χ0v) is 11.2. The molecule has 0 saturated carbocycles. The average molecular weight is 240 g/mol. The maximum atomic E-state index is 12.0. The quantitative estimate of drug-likeness (QED) is 0.876. The fourth-order valence-corrected chi connectivity index (χ4v) is 2.40. The smallest absolute Gasteiger partial charge is 0.242 e. The summed E-state index contributed by atoms with van der Waals surface area (Å²) in [6.07, 6.45) is 0.652. The van der Waals surface area contributed by atoms with Gasteiger partial charge in [0, 0.05) is 11.9 Å². The molecule has 0 saturated heterocycles. The third-order valence-corrected chi connectivity index (χ3v) is 3.93. The summed E-state index contributed by atoms with van der Waals surface area (Å²) in [7, 11) is 1.81. The number of hydrogen-bond donors (Lipinski definition) is 1. The SMILES string of the molecule is CCC(C)(N)C(=O)N(C)Cc1sccc1C. The summed E-state index contributed by atoms with van der Waals surface area (Å²) in [4.78, 5) is 15.0. The summed E-state index contributed by atoms with van der Waals surface area (Å²) in [6.45, 7) is 6.43. The molecule has 1 aromatic rings. The first kappa shape index (κ1) is 13.2. The predicted molar refractivity (Wildman–Crippen MR) is 68.4 cm³/mol. The first-order valence-corrected chi connectivity index (χ1v) is 6.34. The van der Waals surface area contributed by atoms with Gasteiger partial charge in [-0.25, -0.2) is 0 Å². The van der Waals surface area contributed by atoms with E-state index in [0.29, 0.717) is 13.0 Å². The largest absolute Gasteiger partial charge is 0.339 e. The number of nitrogens with zero attached hydrogens (tertiary/aromatic N) is 1. The Bertz CT molecular complexity index is 371. The van der Waals surface area contributed by atoms with Crippen molar-refractivity contribution >= 4 is 17.2 Å². The van der Waals surface area contributed by atoms with Crippen LogP contribution < -0.4 is 5.73 Å². The Kier molecular flexibility index (Phi) is 4.10. The molecule has 0 aliphatic rings. The summed E-state index contributed by atoms with van der Waals surface area (Å²) >= 11 is 1.68. The van der Waals surface area contributed by atoms with Gasteiger partial charge in [0.05, 0.1) is 12.1 Å². The average Bonchev–Trinajstić information content (AvgIpc) is 2.63. The van der Waals surface area contributed by atoms with Gasteiger partial charge >= 0.3 is 0 Å². The van der Waals surface area contributed by atoms with Gasteiger partial charge in [0.25, 0.3) is 0 Å². The lowest BCUT2D eigenvalue weighted by Gasteiger charge is -2.28. The Morgan fingerprint density at radius 2 is 2.25 bits per heavy atom. The lowest BCUT2D eigenvalue weighted by Crippen LogP contribution is -2.51. The van der Waals surface area contributed by atoms with E-state index in [1.165, 1.54) is 10.4 Å². The molecule has 1 unspecified atom stereocenters. The molecule has 4 heteroatoms. The number of likely N-dealkylation sites (N-methyl/N-ethyl adjacent to an activating group) is 1. The fourth-order valence-electron chi connectivity index (χ4n) is 1.44.